The summed E-state index contributed by atoms with van der Waals surface area (Å²) in [6.07, 6.45) is 7.30. The lowest BCUT2D eigenvalue weighted by atomic mass is 10.1. The van der Waals surface area contributed by atoms with Crippen LogP contribution in [0, 0.1) is 0 Å². The number of nitrogens with zero attached hydrogens (tertiary/aromatic N) is 3. The minimum absolute atomic E-state index is 0.434. The number of hydrogen-bond acceptors (Lipinski definition) is 5. The third-order valence-electron chi connectivity index (χ3n) is 3.90. The van der Waals surface area contributed by atoms with E-state index in [2.05, 4.69) is 20.6 Å². The van der Waals surface area contributed by atoms with Gasteiger partial charge in [0.05, 0.1) is 17.9 Å². The molecule has 21 heavy (non-hydrogen) atoms. The SMILES string of the molecule is Cn1cnc2c(NCCCOC3CCNCC3)nccc21. The highest BCUT2D eigenvalue weighted by atomic mass is 16.5. The maximum atomic E-state index is 5.89. The van der Waals surface area contributed by atoms with E-state index in [9.17, 15) is 0 Å². The number of hydrogen-bond donors (Lipinski definition) is 2. The maximum Gasteiger partial charge on any atom is 0.154 e. The van der Waals surface area contributed by atoms with Crippen molar-refractivity contribution >= 4 is 16.9 Å². The number of pyridine rings is 1. The fourth-order valence-corrected chi connectivity index (χ4v) is 2.68. The average molecular weight is 289 g/mol. The second kappa shape index (κ2) is 6.87. The van der Waals surface area contributed by atoms with Crippen molar-refractivity contribution in [3.63, 3.8) is 0 Å². The van der Waals surface area contributed by atoms with Crippen molar-refractivity contribution in [2.45, 2.75) is 25.4 Å². The molecule has 0 unspecified atom stereocenters. The van der Waals surface area contributed by atoms with Crippen LogP contribution in [-0.4, -0.2) is 46.9 Å². The number of ether oxygens (including phenoxy) is 1. The van der Waals surface area contributed by atoms with E-state index in [0.29, 0.717) is 6.10 Å². The van der Waals surface area contributed by atoms with E-state index in [1.807, 2.05) is 30.2 Å². The van der Waals surface area contributed by atoms with Crippen molar-refractivity contribution in [3.05, 3.63) is 18.6 Å². The van der Waals surface area contributed by atoms with Crippen LogP contribution < -0.4 is 10.6 Å². The molecule has 114 valence electrons. The molecule has 0 radical (unpaired) electrons. The Bertz CT molecular complexity index is 576. The van der Waals surface area contributed by atoms with Crippen molar-refractivity contribution < 1.29 is 4.74 Å². The molecule has 2 aromatic rings. The molecule has 6 heteroatoms. The van der Waals surface area contributed by atoms with Crippen LogP contribution in [-0.2, 0) is 11.8 Å². The number of aromatic nitrogens is 3. The fraction of sp³-hybridized carbons (Fsp3) is 0.600. The minimum atomic E-state index is 0.434. The second-order valence-corrected chi connectivity index (χ2v) is 5.48. The van der Waals surface area contributed by atoms with Crippen LogP contribution in [0.4, 0.5) is 5.82 Å². The zero-order valence-corrected chi connectivity index (χ0v) is 12.5. The molecule has 3 heterocycles. The monoisotopic (exact) mass is 289 g/mol. The van der Waals surface area contributed by atoms with Gasteiger partial charge in [-0.2, -0.15) is 0 Å². The predicted molar refractivity (Wildman–Crippen MR) is 83.5 cm³/mol. The number of rotatable bonds is 6. The lowest BCUT2D eigenvalue weighted by Crippen LogP contribution is -2.32. The molecule has 2 aromatic heterocycles. The number of nitrogens with one attached hydrogen (secondary N) is 2. The van der Waals surface area contributed by atoms with Crippen LogP contribution in [0.1, 0.15) is 19.3 Å². The standard InChI is InChI=1S/C15H23N5O/c1-20-11-19-14-13(20)5-9-18-15(14)17-6-2-10-21-12-3-7-16-8-4-12/h5,9,11-12,16H,2-4,6-8,10H2,1H3,(H,17,18). The number of fused-ring (bicyclic) bond motifs is 1. The Kier molecular flexibility index (Phi) is 4.67. The number of anilines is 1. The van der Waals surface area contributed by atoms with Crippen molar-refractivity contribution in [3.8, 4) is 0 Å². The zero-order chi connectivity index (χ0) is 14.5. The fourth-order valence-electron chi connectivity index (χ4n) is 2.68. The first-order chi connectivity index (χ1) is 10.3. The van der Waals surface area contributed by atoms with Gasteiger partial charge < -0.3 is 19.9 Å². The van der Waals surface area contributed by atoms with Crippen molar-refractivity contribution in [2.75, 3.05) is 31.6 Å². The van der Waals surface area contributed by atoms with Gasteiger partial charge in [0, 0.05) is 26.4 Å². The van der Waals surface area contributed by atoms with E-state index in [1.54, 1.807) is 0 Å². The molecule has 0 atom stereocenters. The third kappa shape index (κ3) is 3.51. The Morgan fingerprint density at radius 1 is 1.38 bits per heavy atom. The van der Waals surface area contributed by atoms with Crippen LogP contribution in [0.5, 0.6) is 0 Å². The molecule has 0 amide bonds. The maximum absolute atomic E-state index is 5.89. The number of piperidine rings is 1. The molecule has 0 spiro atoms. The first kappa shape index (κ1) is 14.3. The molecular formula is C15H23N5O. The predicted octanol–water partition coefficient (Wildman–Crippen LogP) is 1.54. The summed E-state index contributed by atoms with van der Waals surface area (Å²) in [7, 11) is 1.99. The molecule has 1 aliphatic rings. The van der Waals surface area contributed by atoms with Gasteiger partial charge in [0.25, 0.3) is 0 Å². The molecule has 2 N–H and O–H groups in total. The van der Waals surface area contributed by atoms with Gasteiger partial charge in [-0.1, -0.05) is 0 Å². The van der Waals surface area contributed by atoms with Crippen LogP contribution in [0.2, 0.25) is 0 Å². The van der Waals surface area contributed by atoms with E-state index in [4.69, 9.17) is 4.74 Å². The van der Waals surface area contributed by atoms with Gasteiger partial charge >= 0.3 is 0 Å². The second-order valence-electron chi connectivity index (χ2n) is 5.48. The van der Waals surface area contributed by atoms with E-state index in [-0.39, 0.29) is 0 Å². The Hall–Kier alpha value is -1.66. The Balaban J connectivity index is 1.44. The van der Waals surface area contributed by atoms with Gasteiger partial charge in [-0.05, 0) is 38.4 Å². The van der Waals surface area contributed by atoms with Crippen molar-refractivity contribution in [2.24, 2.45) is 7.05 Å². The molecule has 0 bridgehead atoms. The Morgan fingerprint density at radius 3 is 3.10 bits per heavy atom. The van der Waals surface area contributed by atoms with Gasteiger partial charge in [-0.3, -0.25) is 0 Å². The topological polar surface area (TPSA) is 64.0 Å². The summed E-state index contributed by atoms with van der Waals surface area (Å²) in [5, 5.41) is 6.71. The van der Waals surface area contributed by atoms with Crippen LogP contribution >= 0.6 is 0 Å². The first-order valence-corrected chi connectivity index (χ1v) is 7.67. The highest BCUT2D eigenvalue weighted by molar-refractivity contribution is 5.85. The molecule has 1 fully saturated rings. The highest BCUT2D eigenvalue weighted by Crippen LogP contribution is 2.18. The van der Waals surface area contributed by atoms with Crippen LogP contribution in [0.3, 0.4) is 0 Å². The summed E-state index contributed by atoms with van der Waals surface area (Å²) in [6, 6.07) is 1.98. The van der Waals surface area contributed by atoms with Gasteiger partial charge in [0.15, 0.2) is 5.82 Å². The summed E-state index contributed by atoms with van der Waals surface area (Å²) >= 11 is 0. The van der Waals surface area contributed by atoms with Crippen LogP contribution in [0.15, 0.2) is 18.6 Å². The summed E-state index contributed by atoms with van der Waals surface area (Å²) in [4.78, 5) is 8.76. The summed E-state index contributed by atoms with van der Waals surface area (Å²) < 4.78 is 7.89. The molecule has 0 saturated carbocycles. The van der Waals surface area contributed by atoms with Gasteiger partial charge in [0.2, 0.25) is 0 Å². The quantitative estimate of drug-likeness (QED) is 0.790. The summed E-state index contributed by atoms with van der Waals surface area (Å²) in [6.45, 7) is 3.81. The van der Waals surface area contributed by atoms with Crippen molar-refractivity contribution in [1.29, 1.82) is 0 Å². The molecular weight excluding hydrogens is 266 g/mol. The van der Waals surface area contributed by atoms with E-state index < -0.39 is 0 Å². The summed E-state index contributed by atoms with van der Waals surface area (Å²) in [5.41, 5.74) is 2.03. The van der Waals surface area contributed by atoms with Crippen LogP contribution in [0.25, 0.3) is 11.0 Å². The zero-order valence-electron chi connectivity index (χ0n) is 12.5. The largest absolute Gasteiger partial charge is 0.378 e. The van der Waals surface area contributed by atoms with E-state index in [0.717, 1.165) is 62.4 Å². The van der Waals surface area contributed by atoms with Crippen molar-refractivity contribution in [1.82, 2.24) is 19.9 Å². The molecule has 0 aromatic carbocycles. The van der Waals surface area contributed by atoms with Gasteiger partial charge in [-0.15, -0.1) is 0 Å². The Morgan fingerprint density at radius 2 is 2.24 bits per heavy atom. The van der Waals surface area contributed by atoms with E-state index >= 15 is 0 Å². The molecule has 1 saturated heterocycles. The van der Waals surface area contributed by atoms with Gasteiger partial charge in [0.1, 0.15) is 5.52 Å². The number of imidazole rings is 1. The molecule has 0 aliphatic carbocycles. The lowest BCUT2D eigenvalue weighted by molar-refractivity contribution is 0.0329. The Labute approximate surface area is 124 Å². The molecule has 3 rings (SSSR count). The third-order valence-corrected chi connectivity index (χ3v) is 3.90. The van der Waals surface area contributed by atoms with Gasteiger partial charge in [-0.25, -0.2) is 9.97 Å². The summed E-state index contributed by atoms with van der Waals surface area (Å²) in [5.74, 6) is 0.856. The first-order valence-electron chi connectivity index (χ1n) is 7.67. The molecule has 1 aliphatic heterocycles. The lowest BCUT2D eigenvalue weighted by Gasteiger charge is -2.22. The highest BCUT2D eigenvalue weighted by Gasteiger charge is 2.12. The molecule has 6 nitrogen and oxygen atoms in total. The van der Waals surface area contributed by atoms with E-state index in [1.165, 1.54) is 0 Å². The smallest absolute Gasteiger partial charge is 0.154 e. The number of aryl methyl sites for hydroxylation is 1. The normalized spacial score (nSPS) is 16.4. The average Bonchev–Trinajstić information content (AvgIpc) is 2.90. The minimum Gasteiger partial charge on any atom is -0.378 e.